The van der Waals surface area contributed by atoms with Crippen LogP contribution in [0, 0.1) is 0 Å². The van der Waals surface area contributed by atoms with Crippen LogP contribution in [0.5, 0.6) is 11.5 Å². The number of likely N-dealkylation sites (N-methyl/N-ethyl adjacent to an activating group) is 1. The largest absolute Gasteiger partial charge is 0.454 e. The van der Waals surface area contributed by atoms with Gasteiger partial charge >= 0.3 is 0 Å². The molecule has 1 aliphatic heterocycles. The Morgan fingerprint density at radius 3 is 2.80 bits per heavy atom. The summed E-state index contributed by atoms with van der Waals surface area (Å²) in [5, 5.41) is 0. The number of benzene rings is 1. The van der Waals surface area contributed by atoms with Crippen LogP contribution < -0.4 is 15.2 Å². The lowest BCUT2D eigenvalue weighted by Gasteiger charge is -2.30. The van der Waals surface area contributed by atoms with E-state index < -0.39 is 0 Å². The summed E-state index contributed by atoms with van der Waals surface area (Å²) >= 11 is 0. The Bertz CT molecular complexity index is 439. The smallest absolute Gasteiger partial charge is 0.231 e. The molecule has 0 saturated carbocycles. The van der Waals surface area contributed by atoms with E-state index in [4.69, 9.17) is 19.9 Å². The van der Waals surface area contributed by atoms with Crippen molar-refractivity contribution in [3.8, 4) is 11.5 Å². The van der Waals surface area contributed by atoms with Crippen LogP contribution in [-0.4, -0.2) is 44.5 Å². The number of fused-ring (bicyclic) bond motifs is 1. The Labute approximate surface area is 120 Å². The zero-order valence-electron chi connectivity index (χ0n) is 12.5. The lowest BCUT2D eigenvalue weighted by molar-refractivity contribution is 0.0986. The molecule has 2 unspecified atom stereocenters. The third-order valence-corrected chi connectivity index (χ3v) is 3.69. The zero-order valence-corrected chi connectivity index (χ0v) is 12.5. The van der Waals surface area contributed by atoms with Crippen molar-refractivity contribution in [2.75, 3.05) is 33.6 Å². The van der Waals surface area contributed by atoms with E-state index in [9.17, 15) is 0 Å². The van der Waals surface area contributed by atoms with E-state index >= 15 is 0 Å². The summed E-state index contributed by atoms with van der Waals surface area (Å²) in [6.45, 7) is 7.03. The molecule has 1 aromatic rings. The Balaban J connectivity index is 2.01. The van der Waals surface area contributed by atoms with E-state index in [0.29, 0.717) is 19.4 Å². The van der Waals surface area contributed by atoms with Crippen LogP contribution in [0.15, 0.2) is 18.2 Å². The Kier molecular flexibility index (Phi) is 5.23. The molecule has 2 rings (SSSR count). The molecule has 2 N–H and O–H groups in total. The van der Waals surface area contributed by atoms with Crippen molar-refractivity contribution in [3.63, 3.8) is 0 Å². The molecule has 0 bridgehead atoms. The van der Waals surface area contributed by atoms with E-state index in [1.807, 2.05) is 18.2 Å². The standard InChI is InChI=1S/C15H24N2O3/c1-4-17(11(2)9-18-3)8-13(16)12-5-6-14-15(7-12)20-10-19-14/h5-7,11,13H,4,8-10,16H2,1-3H3. The van der Waals surface area contributed by atoms with Crippen LogP contribution in [0.1, 0.15) is 25.5 Å². The third-order valence-electron chi connectivity index (χ3n) is 3.69. The predicted octanol–water partition coefficient (Wildman–Crippen LogP) is 1.77. The fourth-order valence-electron chi connectivity index (χ4n) is 2.47. The lowest BCUT2D eigenvalue weighted by Crippen LogP contribution is -2.40. The molecule has 0 aromatic heterocycles. The number of hydrogen-bond acceptors (Lipinski definition) is 5. The summed E-state index contributed by atoms with van der Waals surface area (Å²) in [5.74, 6) is 1.58. The van der Waals surface area contributed by atoms with Crippen molar-refractivity contribution in [2.45, 2.75) is 25.9 Å². The summed E-state index contributed by atoms with van der Waals surface area (Å²) in [6.07, 6.45) is 0. The molecule has 0 amide bonds. The summed E-state index contributed by atoms with van der Waals surface area (Å²) < 4.78 is 15.9. The van der Waals surface area contributed by atoms with Gasteiger partial charge in [-0.25, -0.2) is 0 Å². The minimum atomic E-state index is -0.0521. The van der Waals surface area contributed by atoms with Gasteiger partial charge in [0.2, 0.25) is 6.79 Å². The van der Waals surface area contributed by atoms with Gasteiger partial charge in [-0.15, -0.1) is 0 Å². The number of nitrogens with zero attached hydrogens (tertiary/aromatic N) is 1. The molecule has 1 heterocycles. The SMILES string of the molecule is CCN(CC(N)c1ccc2c(c1)OCO2)C(C)COC. The molecule has 20 heavy (non-hydrogen) atoms. The van der Waals surface area contributed by atoms with Crippen molar-refractivity contribution in [1.82, 2.24) is 4.90 Å². The number of nitrogens with two attached hydrogens (primary N) is 1. The lowest BCUT2D eigenvalue weighted by atomic mass is 10.1. The average molecular weight is 280 g/mol. The summed E-state index contributed by atoms with van der Waals surface area (Å²) in [7, 11) is 1.72. The van der Waals surface area contributed by atoms with Crippen LogP contribution in [-0.2, 0) is 4.74 Å². The van der Waals surface area contributed by atoms with Crippen LogP contribution in [0.2, 0.25) is 0 Å². The van der Waals surface area contributed by atoms with Crippen molar-refractivity contribution < 1.29 is 14.2 Å². The molecular weight excluding hydrogens is 256 g/mol. The number of methoxy groups -OCH3 is 1. The normalized spacial score (nSPS) is 16.4. The molecule has 0 spiro atoms. The summed E-state index contributed by atoms with van der Waals surface area (Å²) in [5.41, 5.74) is 7.39. The van der Waals surface area contributed by atoms with Crippen LogP contribution >= 0.6 is 0 Å². The van der Waals surface area contributed by atoms with Gasteiger partial charge in [-0.2, -0.15) is 0 Å². The third kappa shape index (κ3) is 3.42. The number of hydrogen-bond donors (Lipinski definition) is 1. The molecule has 1 aromatic carbocycles. The second kappa shape index (κ2) is 6.92. The highest BCUT2D eigenvalue weighted by molar-refractivity contribution is 5.45. The van der Waals surface area contributed by atoms with Gasteiger partial charge in [0.05, 0.1) is 6.61 Å². The average Bonchev–Trinajstić information content (AvgIpc) is 2.91. The topological polar surface area (TPSA) is 57.0 Å². The Hall–Kier alpha value is -1.30. The molecule has 0 radical (unpaired) electrons. The minimum absolute atomic E-state index is 0.0521. The maximum atomic E-state index is 6.32. The summed E-state index contributed by atoms with van der Waals surface area (Å²) in [6, 6.07) is 6.20. The molecule has 5 nitrogen and oxygen atoms in total. The Morgan fingerprint density at radius 1 is 1.35 bits per heavy atom. The van der Waals surface area contributed by atoms with Crippen molar-refractivity contribution >= 4 is 0 Å². The van der Waals surface area contributed by atoms with Crippen LogP contribution in [0.4, 0.5) is 0 Å². The van der Waals surface area contributed by atoms with Gasteiger partial charge in [-0.3, -0.25) is 4.90 Å². The first-order valence-electron chi connectivity index (χ1n) is 7.03. The van der Waals surface area contributed by atoms with Crippen LogP contribution in [0.3, 0.4) is 0 Å². The van der Waals surface area contributed by atoms with Crippen molar-refractivity contribution in [3.05, 3.63) is 23.8 Å². The van der Waals surface area contributed by atoms with E-state index in [1.54, 1.807) is 7.11 Å². The molecule has 0 saturated heterocycles. The van der Waals surface area contributed by atoms with E-state index in [1.165, 1.54) is 0 Å². The second-order valence-electron chi connectivity index (χ2n) is 5.11. The maximum Gasteiger partial charge on any atom is 0.231 e. The van der Waals surface area contributed by atoms with Crippen molar-refractivity contribution in [1.29, 1.82) is 0 Å². The van der Waals surface area contributed by atoms with E-state index in [2.05, 4.69) is 18.7 Å². The van der Waals surface area contributed by atoms with Gasteiger partial charge in [0.15, 0.2) is 11.5 Å². The monoisotopic (exact) mass is 280 g/mol. The van der Waals surface area contributed by atoms with Gasteiger partial charge in [0.1, 0.15) is 0 Å². The molecule has 112 valence electrons. The zero-order chi connectivity index (χ0) is 14.5. The molecule has 5 heteroatoms. The summed E-state index contributed by atoms with van der Waals surface area (Å²) in [4.78, 5) is 2.32. The van der Waals surface area contributed by atoms with Gasteiger partial charge in [0, 0.05) is 25.7 Å². The first-order chi connectivity index (χ1) is 9.65. The molecular formula is C15H24N2O3. The highest BCUT2D eigenvalue weighted by atomic mass is 16.7. The highest BCUT2D eigenvalue weighted by Gasteiger charge is 2.19. The fourth-order valence-corrected chi connectivity index (χ4v) is 2.47. The molecule has 1 aliphatic rings. The number of rotatable bonds is 7. The minimum Gasteiger partial charge on any atom is -0.454 e. The molecule has 0 aliphatic carbocycles. The van der Waals surface area contributed by atoms with E-state index in [0.717, 1.165) is 30.2 Å². The van der Waals surface area contributed by atoms with Gasteiger partial charge in [0.25, 0.3) is 0 Å². The predicted molar refractivity (Wildman–Crippen MR) is 78.1 cm³/mol. The van der Waals surface area contributed by atoms with Gasteiger partial charge < -0.3 is 19.9 Å². The first kappa shape index (κ1) is 15.1. The van der Waals surface area contributed by atoms with Gasteiger partial charge in [-0.1, -0.05) is 13.0 Å². The molecule has 2 atom stereocenters. The van der Waals surface area contributed by atoms with Gasteiger partial charge in [-0.05, 0) is 31.2 Å². The fraction of sp³-hybridized carbons (Fsp3) is 0.600. The quantitative estimate of drug-likeness (QED) is 0.825. The van der Waals surface area contributed by atoms with E-state index in [-0.39, 0.29) is 6.04 Å². The Morgan fingerprint density at radius 2 is 2.10 bits per heavy atom. The maximum absolute atomic E-state index is 6.32. The molecule has 0 fully saturated rings. The van der Waals surface area contributed by atoms with Crippen molar-refractivity contribution in [2.24, 2.45) is 5.73 Å². The highest BCUT2D eigenvalue weighted by Crippen LogP contribution is 2.33. The van der Waals surface area contributed by atoms with Crippen LogP contribution in [0.25, 0.3) is 0 Å². The second-order valence-corrected chi connectivity index (χ2v) is 5.11. The number of ether oxygens (including phenoxy) is 3. The first-order valence-corrected chi connectivity index (χ1v) is 7.03.